The summed E-state index contributed by atoms with van der Waals surface area (Å²) >= 11 is 9.40. The first-order valence-corrected chi connectivity index (χ1v) is 8.60. The number of ether oxygens (including phenoxy) is 1. The van der Waals surface area contributed by atoms with Crippen LogP contribution in [0.15, 0.2) is 46.9 Å². The van der Waals surface area contributed by atoms with Gasteiger partial charge in [0.2, 0.25) is 0 Å². The van der Waals surface area contributed by atoms with E-state index in [1.54, 1.807) is 12.1 Å². The average molecular weight is 397 g/mol. The zero-order chi connectivity index (χ0) is 16.8. The van der Waals surface area contributed by atoms with Gasteiger partial charge in [0, 0.05) is 4.47 Å². The second-order valence-corrected chi connectivity index (χ2v) is 6.63. The highest BCUT2D eigenvalue weighted by atomic mass is 79.9. The minimum Gasteiger partial charge on any atom is -0.482 e. The molecule has 0 saturated carbocycles. The van der Waals surface area contributed by atoms with Crippen molar-refractivity contribution in [2.45, 2.75) is 26.3 Å². The molecule has 2 rings (SSSR count). The third-order valence-corrected chi connectivity index (χ3v) is 4.26. The number of hydrogen-bond donors (Lipinski definition) is 1. The summed E-state index contributed by atoms with van der Waals surface area (Å²) in [6, 6.07) is 13.4. The predicted molar refractivity (Wildman–Crippen MR) is 97.0 cm³/mol. The maximum atomic E-state index is 12.1. The summed E-state index contributed by atoms with van der Waals surface area (Å²) < 4.78 is 6.35. The van der Waals surface area contributed by atoms with Crippen molar-refractivity contribution in [3.63, 3.8) is 0 Å². The van der Waals surface area contributed by atoms with Crippen LogP contribution in [0, 0.1) is 6.92 Å². The van der Waals surface area contributed by atoms with Crippen LogP contribution >= 0.6 is 27.5 Å². The summed E-state index contributed by atoms with van der Waals surface area (Å²) in [4.78, 5) is 12.1. The van der Waals surface area contributed by atoms with Crippen molar-refractivity contribution in [1.82, 2.24) is 5.32 Å². The standard InChI is InChI=1S/C18H19BrClNO2/c1-3-16(13-6-4-12(2)5-7-13)21-18(22)11-23-17-9-8-14(19)10-15(17)20/h4-10,16H,3,11H2,1-2H3,(H,21,22). The second kappa shape index (κ2) is 8.37. The summed E-state index contributed by atoms with van der Waals surface area (Å²) in [5, 5.41) is 3.46. The van der Waals surface area contributed by atoms with Crippen molar-refractivity contribution >= 4 is 33.4 Å². The number of amides is 1. The molecule has 0 fully saturated rings. The van der Waals surface area contributed by atoms with Gasteiger partial charge in [-0.3, -0.25) is 4.79 Å². The molecular formula is C18H19BrClNO2. The van der Waals surface area contributed by atoms with Crippen LogP contribution in [0.1, 0.15) is 30.5 Å². The first-order valence-electron chi connectivity index (χ1n) is 7.43. The summed E-state index contributed by atoms with van der Waals surface area (Å²) in [6.45, 7) is 4.01. The van der Waals surface area contributed by atoms with Crippen molar-refractivity contribution in [3.05, 3.63) is 63.1 Å². The topological polar surface area (TPSA) is 38.3 Å². The molecule has 2 aromatic rings. The normalized spacial score (nSPS) is 11.8. The summed E-state index contributed by atoms with van der Waals surface area (Å²) in [6.07, 6.45) is 0.813. The molecule has 0 radical (unpaired) electrons. The molecule has 0 bridgehead atoms. The Morgan fingerprint density at radius 1 is 1.26 bits per heavy atom. The van der Waals surface area contributed by atoms with Crippen molar-refractivity contribution in [2.75, 3.05) is 6.61 Å². The van der Waals surface area contributed by atoms with Crippen LogP contribution in [0.2, 0.25) is 5.02 Å². The molecule has 23 heavy (non-hydrogen) atoms. The third kappa shape index (κ3) is 5.26. The number of aryl methyl sites for hydroxylation is 1. The first-order chi connectivity index (χ1) is 11.0. The zero-order valence-corrected chi connectivity index (χ0v) is 15.4. The second-order valence-electron chi connectivity index (χ2n) is 5.30. The van der Waals surface area contributed by atoms with Crippen molar-refractivity contribution < 1.29 is 9.53 Å². The van der Waals surface area contributed by atoms with Crippen LogP contribution in [-0.4, -0.2) is 12.5 Å². The molecule has 0 aromatic heterocycles. The fourth-order valence-corrected chi connectivity index (χ4v) is 2.92. The van der Waals surface area contributed by atoms with Gasteiger partial charge in [-0.25, -0.2) is 0 Å². The highest BCUT2D eigenvalue weighted by Crippen LogP contribution is 2.27. The molecule has 0 aliphatic rings. The molecule has 1 N–H and O–H groups in total. The summed E-state index contributed by atoms with van der Waals surface area (Å²) in [5.74, 6) is 0.324. The number of benzene rings is 2. The van der Waals surface area contributed by atoms with E-state index in [-0.39, 0.29) is 18.6 Å². The van der Waals surface area contributed by atoms with Gasteiger partial charge >= 0.3 is 0 Å². The fourth-order valence-electron chi connectivity index (χ4n) is 2.19. The van der Waals surface area contributed by atoms with Gasteiger partial charge in [0.1, 0.15) is 5.75 Å². The number of halogens is 2. The Morgan fingerprint density at radius 3 is 2.57 bits per heavy atom. The maximum absolute atomic E-state index is 12.1. The van der Waals surface area contributed by atoms with Crippen LogP contribution < -0.4 is 10.1 Å². The van der Waals surface area contributed by atoms with E-state index in [1.807, 2.05) is 44.2 Å². The van der Waals surface area contributed by atoms with Gasteiger partial charge in [-0.1, -0.05) is 64.3 Å². The molecule has 122 valence electrons. The molecule has 0 aliphatic heterocycles. The predicted octanol–water partition coefficient (Wildman–Crippen LogP) is 5.06. The summed E-state index contributed by atoms with van der Waals surface area (Å²) in [7, 11) is 0. The van der Waals surface area contributed by atoms with Crippen LogP contribution in [0.25, 0.3) is 0 Å². The van der Waals surface area contributed by atoms with Crippen molar-refractivity contribution in [1.29, 1.82) is 0 Å². The van der Waals surface area contributed by atoms with E-state index in [0.29, 0.717) is 10.8 Å². The largest absolute Gasteiger partial charge is 0.482 e. The number of hydrogen-bond acceptors (Lipinski definition) is 2. The lowest BCUT2D eigenvalue weighted by Crippen LogP contribution is -2.32. The molecule has 5 heteroatoms. The van der Waals surface area contributed by atoms with Crippen LogP contribution in [-0.2, 0) is 4.79 Å². The van der Waals surface area contributed by atoms with Crippen LogP contribution in [0.5, 0.6) is 5.75 Å². The Morgan fingerprint density at radius 2 is 1.96 bits per heavy atom. The lowest BCUT2D eigenvalue weighted by atomic mass is 10.0. The number of rotatable bonds is 6. The molecule has 0 saturated heterocycles. The van der Waals surface area contributed by atoms with Gasteiger partial charge in [-0.05, 0) is 37.1 Å². The highest BCUT2D eigenvalue weighted by Gasteiger charge is 2.13. The molecule has 3 nitrogen and oxygen atoms in total. The van der Waals surface area contributed by atoms with Crippen LogP contribution in [0.3, 0.4) is 0 Å². The number of carbonyl (C=O) groups excluding carboxylic acids is 1. The Hall–Kier alpha value is -1.52. The van der Waals surface area contributed by atoms with E-state index in [1.165, 1.54) is 5.56 Å². The zero-order valence-electron chi connectivity index (χ0n) is 13.1. The lowest BCUT2D eigenvalue weighted by molar-refractivity contribution is -0.123. The Bertz CT molecular complexity index is 673. The Kier molecular flexibility index (Phi) is 6.48. The van der Waals surface area contributed by atoms with Gasteiger partial charge in [0.25, 0.3) is 5.91 Å². The van der Waals surface area contributed by atoms with Crippen molar-refractivity contribution in [3.8, 4) is 5.75 Å². The molecule has 1 unspecified atom stereocenters. The minimum atomic E-state index is -0.170. The molecule has 0 spiro atoms. The van der Waals surface area contributed by atoms with Crippen molar-refractivity contribution in [2.24, 2.45) is 0 Å². The van der Waals surface area contributed by atoms with Gasteiger partial charge < -0.3 is 10.1 Å². The van der Waals surface area contributed by atoms with E-state index in [2.05, 4.69) is 21.2 Å². The van der Waals surface area contributed by atoms with Gasteiger partial charge in [-0.15, -0.1) is 0 Å². The minimum absolute atomic E-state index is 0.0212. The molecular weight excluding hydrogens is 378 g/mol. The smallest absolute Gasteiger partial charge is 0.258 e. The SMILES string of the molecule is CCC(NC(=O)COc1ccc(Br)cc1Cl)c1ccc(C)cc1. The summed E-state index contributed by atoms with van der Waals surface area (Å²) in [5.41, 5.74) is 2.29. The van der Waals surface area contributed by atoms with E-state index in [9.17, 15) is 4.79 Å². The molecule has 0 aliphatic carbocycles. The Balaban J connectivity index is 1.93. The highest BCUT2D eigenvalue weighted by molar-refractivity contribution is 9.10. The van der Waals surface area contributed by atoms with E-state index in [0.717, 1.165) is 16.5 Å². The van der Waals surface area contributed by atoms with E-state index < -0.39 is 0 Å². The quantitative estimate of drug-likeness (QED) is 0.741. The molecule has 1 amide bonds. The maximum Gasteiger partial charge on any atom is 0.258 e. The third-order valence-electron chi connectivity index (χ3n) is 3.48. The lowest BCUT2D eigenvalue weighted by Gasteiger charge is -2.18. The van der Waals surface area contributed by atoms with Gasteiger partial charge in [0.05, 0.1) is 11.1 Å². The fraction of sp³-hybridized carbons (Fsp3) is 0.278. The van der Waals surface area contributed by atoms with Gasteiger partial charge in [-0.2, -0.15) is 0 Å². The van der Waals surface area contributed by atoms with Crippen LogP contribution in [0.4, 0.5) is 0 Å². The monoisotopic (exact) mass is 395 g/mol. The number of carbonyl (C=O) groups is 1. The molecule has 0 heterocycles. The van der Waals surface area contributed by atoms with E-state index in [4.69, 9.17) is 16.3 Å². The van der Waals surface area contributed by atoms with E-state index >= 15 is 0 Å². The number of nitrogens with one attached hydrogen (secondary N) is 1. The first kappa shape index (κ1) is 17.8. The molecule has 1 atom stereocenters. The Labute approximate surface area is 150 Å². The molecule has 2 aromatic carbocycles. The van der Waals surface area contributed by atoms with Gasteiger partial charge in [0.15, 0.2) is 6.61 Å². The average Bonchev–Trinajstić information content (AvgIpc) is 2.52.